The number of benzene rings is 1. The quantitative estimate of drug-likeness (QED) is 0.530. The van der Waals surface area contributed by atoms with E-state index in [2.05, 4.69) is 0 Å². The molecule has 0 heterocycles. The SMILES string of the molecule is CC(C)OCCCOC(C)(C)OCCc1ccc(O)cc1. The molecule has 4 nitrogen and oxygen atoms in total. The number of hydrogen-bond acceptors (Lipinski definition) is 4. The van der Waals surface area contributed by atoms with E-state index < -0.39 is 5.79 Å². The maximum atomic E-state index is 9.22. The van der Waals surface area contributed by atoms with Crippen LogP contribution in [-0.4, -0.2) is 36.8 Å². The molecule has 0 spiro atoms. The molecule has 1 rings (SSSR count). The van der Waals surface area contributed by atoms with E-state index in [9.17, 15) is 5.11 Å². The summed E-state index contributed by atoms with van der Waals surface area (Å²) in [6.07, 6.45) is 1.92. The molecule has 1 N–H and O–H groups in total. The number of aromatic hydroxyl groups is 1. The van der Waals surface area contributed by atoms with E-state index >= 15 is 0 Å². The van der Waals surface area contributed by atoms with Crippen LogP contribution in [0.4, 0.5) is 0 Å². The van der Waals surface area contributed by atoms with E-state index in [0.717, 1.165) is 18.4 Å². The largest absolute Gasteiger partial charge is 0.508 e. The van der Waals surface area contributed by atoms with Gasteiger partial charge in [-0.3, -0.25) is 0 Å². The van der Waals surface area contributed by atoms with Crippen molar-refractivity contribution in [2.24, 2.45) is 0 Å². The lowest BCUT2D eigenvalue weighted by atomic mass is 10.1. The highest BCUT2D eigenvalue weighted by Gasteiger charge is 2.18. The summed E-state index contributed by atoms with van der Waals surface area (Å²) in [5, 5.41) is 9.22. The molecule has 0 amide bonds. The lowest BCUT2D eigenvalue weighted by Crippen LogP contribution is -2.30. The highest BCUT2D eigenvalue weighted by molar-refractivity contribution is 5.25. The van der Waals surface area contributed by atoms with Gasteiger partial charge < -0.3 is 19.3 Å². The predicted octanol–water partition coefficient (Wildman–Crippen LogP) is 3.52. The summed E-state index contributed by atoms with van der Waals surface area (Å²) in [4.78, 5) is 0. The zero-order chi connectivity index (χ0) is 15.7. The Hall–Kier alpha value is -1.10. The highest BCUT2D eigenvalue weighted by Crippen LogP contribution is 2.14. The maximum Gasteiger partial charge on any atom is 0.162 e. The molecule has 4 heteroatoms. The van der Waals surface area contributed by atoms with Crippen LogP contribution in [0, 0.1) is 0 Å². The average molecular weight is 296 g/mol. The van der Waals surface area contributed by atoms with Crippen LogP contribution in [0.2, 0.25) is 0 Å². The van der Waals surface area contributed by atoms with Crippen LogP contribution in [0.5, 0.6) is 5.75 Å². The van der Waals surface area contributed by atoms with E-state index in [1.165, 1.54) is 0 Å². The van der Waals surface area contributed by atoms with Gasteiger partial charge in [-0.15, -0.1) is 0 Å². The van der Waals surface area contributed by atoms with E-state index in [1.54, 1.807) is 12.1 Å². The van der Waals surface area contributed by atoms with Gasteiger partial charge in [0, 0.05) is 6.61 Å². The molecule has 0 radical (unpaired) electrons. The number of ether oxygens (including phenoxy) is 3. The van der Waals surface area contributed by atoms with Crippen molar-refractivity contribution >= 4 is 0 Å². The van der Waals surface area contributed by atoms with Crippen molar-refractivity contribution in [3.8, 4) is 5.75 Å². The van der Waals surface area contributed by atoms with Crippen LogP contribution in [0.1, 0.15) is 39.7 Å². The fraction of sp³-hybridized carbons (Fsp3) is 0.647. The van der Waals surface area contributed by atoms with E-state index in [4.69, 9.17) is 14.2 Å². The third-order valence-electron chi connectivity index (χ3n) is 2.97. The zero-order valence-corrected chi connectivity index (χ0v) is 13.6. The summed E-state index contributed by atoms with van der Waals surface area (Å²) < 4.78 is 17.0. The molecule has 0 atom stereocenters. The first kappa shape index (κ1) is 18.0. The van der Waals surface area contributed by atoms with Gasteiger partial charge in [0.25, 0.3) is 0 Å². The third kappa shape index (κ3) is 8.71. The lowest BCUT2D eigenvalue weighted by Gasteiger charge is -2.26. The Bertz CT molecular complexity index is 384. The third-order valence-corrected chi connectivity index (χ3v) is 2.97. The summed E-state index contributed by atoms with van der Waals surface area (Å²) in [7, 11) is 0. The van der Waals surface area contributed by atoms with Gasteiger partial charge in [0.1, 0.15) is 5.75 Å². The van der Waals surface area contributed by atoms with Gasteiger partial charge in [-0.25, -0.2) is 0 Å². The zero-order valence-electron chi connectivity index (χ0n) is 13.6. The molecule has 120 valence electrons. The van der Waals surface area contributed by atoms with Crippen molar-refractivity contribution in [3.05, 3.63) is 29.8 Å². The summed E-state index contributed by atoms with van der Waals surface area (Å²) in [6, 6.07) is 7.17. The molecule has 0 saturated heterocycles. The minimum absolute atomic E-state index is 0.263. The van der Waals surface area contributed by atoms with Gasteiger partial charge in [-0.1, -0.05) is 12.1 Å². The molecule has 0 aliphatic rings. The summed E-state index contributed by atoms with van der Waals surface area (Å²) in [5.74, 6) is -0.304. The average Bonchev–Trinajstić information content (AvgIpc) is 2.40. The second-order valence-electron chi connectivity index (χ2n) is 5.79. The Labute approximate surface area is 128 Å². The molecule has 0 fully saturated rings. The topological polar surface area (TPSA) is 47.9 Å². The van der Waals surface area contributed by atoms with Crippen molar-refractivity contribution in [1.29, 1.82) is 0 Å². The second kappa shape index (κ2) is 9.03. The molecular formula is C17H28O4. The minimum atomic E-state index is -0.589. The van der Waals surface area contributed by atoms with E-state index in [0.29, 0.717) is 19.8 Å². The van der Waals surface area contributed by atoms with Crippen molar-refractivity contribution in [1.82, 2.24) is 0 Å². The molecule has 0 aromatic heterocycles. The van der Waals surface area contributed by atoms with Crippen molar-refractivity contribution in [2.45, 2.75) is 52.4 Å². The molecule has 0 unspecified atom stereocenters. The van der Waals surface area contributed by atoms with Crippen LogP contribution in [-0.2, 0) is 20.6 Å². The molecule has 0 bridgehead atoms. The Morgan fingerprint density at radius 1 is 1.00 bits per heavy atom. The van der Waals surface area contributed by atoms with Gasteiger partial charge in [-0.2, -0.15) is 0 Å². The van der Waals surface area contributed by atoms with Crippen LogP contribution in [0.25, 0.3) is 0 Å². The number of phenolic OH excluding ortho intramolecular Hbond substituents is 1. The summed E-state index contributed by atoms with van der Waals surface area (Å²) in [5.41, 5.74) is 1.13. The first-order chi connectivity index (χ1) is 9.89. The van der Waals surface area contributed by atoms with Crippen molar-refractivity contribution < 1.29 is 19.3 Å². The normalized spacial score (nSPS) is 12.0. The smallest absolute Gasteiger partial charge is 0.162 e. The van der Waals surface area contributed by atoms with E-state index in [1.807, 2.05) is 39.8 Å². The summed E-state index contributed by atoms with van der Waals surface area (Å²) in [6.45, 7) is 9.81. The maximum absolute atomic E-state index is 9.22. The molecule has 0 aliphatic heterocycles. The Morgan fingerprint density at radius 2 is 1.62 bits per heavy atom. The molecule has 1 aromatic carbocycles. The van der Waals surface area contributed by atoms with Crippen molar-refractivity contribution in [2.75, 3.05) is 19.8 Å². The van der Waals surface area contributed by atoms with Crippen LogP contribution < -0.4 is 0 Å². The van der Waals surface area contributed by atoms with Crippen molar-refractivity contribution in [3.63, 3.8) is 0 Å². The predicted molar refractivity (Wildman–Crippen MR) is 83.5 cm³/mol. The van der Waals surface area contributed by atoms with Crippen LogP contribution >= 0.6 is 0 Å². The first-order valence-corrected chi connectivity index (χ1v) is 7.56. The van der Waals surface area contributed by atoms with Crippen LogP contribution in [0.15, 0.2) is 24.3 Å². The molecular weight excluding hydrogens is 268 g/mol. The van der Waals surface area contributed by atoms with Gasteiger partial charge in [0.2, 0.25) is 0 Å². The van der Waals surface area contributed by atoms with Crippen LogP contribution in [0.3, 0.4) is 0 Å². The Morgan fingerprint density at radius 3 is 2.24 bits per heavy atom. The molecule has 21 heavy (non-hydrogen) atoms. The molecule has 0 saturated carbocycles. The van der Waals surface area contributed by atoms with Gasteiger partial charge in [0.05, 0.1) is 19.3 Å². The molecule has 1 aromatic rings. The number of rotatable bonds is 10. The number of phenols is 1. The fourth-order valence-electron chi connectivity index (χ4n) is 1.81. The number of hydrogen-bond donors (Lipinski definition) is 1. The second-order valence-corrected chi connectivity index (χ2v) is 5.79. The summed E-state index contributed by atoms with van der Waals surface area (Å²) >= 11 is 0. The lowest BCUT2D eigenvalue weighted by molar-refractivity contribution is -0.214. The molecule has 0 aliphatic carbocycles. The standard InChI is InChI=1S/C17H28O4/c1-14(2)19-11-5-12-20-17(3,4)21-13-10-15-6-8-16(18)9-7-15/h6-9,14,18H,5,10-13H2,1-4H3. The fourth-order valence-corrected chi connectivity index (χ4v) is 1.81. The first-order valence-electron chi connectivity index (χ1n) is 7.56. The van der Waals surface area contributed by atoms with Gasteiger partial charge >= 0.3 is 0 Å². The highest BCUT2D eigenvalue weighted by atomic mass is 16.7. The van der Waals surface area contributed by atoms with Gasteiger partial charge in [-0.05, 0) is 58.2 Å². The Balaban J connectivity index is 2.15. The monoisotopic (exact) mass is 296 g/mol. The van der Waals surface area contributed by atoms with Gasteiger partial charge in [0.15, 0.2) is 5.79 Å². The van der Waals surface area contributed by atoms with E-state index in [-0.39, 0.29) is 11.9 Å². The minimum Gasteiger partial charge on any atom is -0.508 e. The Kier molecular flexibility index (Phi) is 7.72.